The van der Waals surface area contributed by atoms with Crippen LogP contribution in [0.25, 0.3) is 22.8 Å². The number of nitrogens with zero attached hydrogens (tertiary/aromatic N) is 3. The van der Waals surface area contributed by atoms with Crippen molar-refractivity contribution in [3.05, 3.63) is 40.5 Å². The van der Waals surface area contributed by atoms with Gasteiger partial charge in [0.05, 0.1) is 11.6 Å². The molecule has 0 unspecified atom stereocenters. The molecule has 1 atom stereocenters. The molecular weight excluding hydrogens is 420 g/mol. The first-order valence-electron chi connectivity index (χ1n) is 10.1. The Balaban J connectivity index is 1.84. The van der Waals surface area contributed by atoms with Gasteiger partial charge in [-0.1, -0.05) is 30.6 Å². The van der Waals surface area contributed by atoms with Crippen molar-refractivity contribution >= 4 is 17.4 Å². The normalized spacial score (nSPS) is 12.3. The molecule has 0 saturated heterocycles. The van der Waals surface area contributed by atoms with Crippen LogP contribution in [0.5, 0.6) is 5.75 Å². The van der Waals surface area contributed by atoms with E-state index in [-0.39, 0.29) is 13.2 Å². The maximum Gasteiger partial charge on any atom is 0.258 e. The lowest BCUT2D eigenvalue weighted by Crippen LogP contribution is -2.21. The van der Waals surface area contributed by atoms with Crippen LogP contribution in [0.15, 0.2) is 28.8 Å². The van der Waals surface area contributed by atoms with Gasteiger partial charge in [-0.2, -0.15) is 4.98 Å². The van der Waals surface area contributed by atoms with E-state index in [0.717, 1.165) is 29.2 Å². The third kappa shape index (κ3) is 5.94. The Labute approximate surface area is 186 Å². The van der Waals surface area contributed by atoms with Crippen molar-refractivity contribution in [2.75, 3.05) is 25.1 Å². The standard InChI is InChI=1S/C22H27ClN4O4/c1-12(2)9-24-19-8-16(6-14(4)25-19)22-26-21(27-31-22)15-5-13(3)20(18(23)7-15)30-11-17(29)10-28/h5-8,12,17,28-29H,9-11H2,1-4H3,(H,24,25)/t17-/m1/s1. The first-order chi connectivity index (χ1) is 14.8. The number of hydrogen-bond donors (Lipinski definition) is 3. The summed E-state index contributed by atoms with van der Waals surface area (Å²) in [5.74, 6) is 2.47. The Kier molecular flexibility index (Phi) is 7.48. The van der Waals surface area contributed by atoms with E-state index in [1.807, 2.05) is 32.0 Å². The number of aliphatic hydroxyl groups excluding tert-OH is 2. The molecule has 0 aliphatic heterocycles. The Morgan fingerprint density at radius 2 is 1.90 bits per heavy atom. The average Bonchev–Trinajstić information content (AvgIpc) is 3.21. The number of hydrogen-bond acceptors (Lipinski definition) is 8. The molecule has 9 heteroatoms. The summed E-state index contributed by atoms with van der Waals surface area (Å²) in [6.07, 6.45) is -0.973. The summed E-state index contributed by atoms with van der Waals surface area (Å²) in [5, 5.41) is 26.2. The molecule has 0 fully saturated rings. The van der Waals surface area contributed by atoms with Gasteiger partial charge in [0.15, 0.2) is 0 Å². The van der Waals surface area contributed by atoms with E-state index in [1.165, 1.54) is 0 Å². The van der Waals surface area contributed by atoms with Crippen molar-refractivity contribution in [1.29, 1.82) is 0 Å². The Hall–Kier alpha value is -2.68. The minimum absolute atomic E-state index is 0.0582. The molecule has 3 N–H and O–H groups in total. The van der Waals surface area contributed by atoms with Gasteiger partial charge in [0.1, 0.15) is 24.3 Å². The molecular formula is C22H27ClN4O4. The fourth-order valence-corrected chi connectivity index (χ4v) is 3.25. The van der Waals surface area contributed by atoms with Gasteiger partial charge in [0, 0.05) is 23.4 Å². The van der Waals surface area contributed by atoms with Crippen LogP contribution < -0.4 is 10.1 Å². The van der Waals surface area contributed by atoms with Crippen LogP contribution in [0, 0.1) is 19.8 Å². The quantitative estimate of drug-likeness (QED) is 0.454. The van der Waals surface area contributed by atoms with Crippen molar-refractivity contribution in [2.24, 2.45) is 5.92 Å². The van der Waals surface area contributed by atoms with Crippen LogP contribution in [0.1, 0.15) is 25.1 Å². The Morgan fingerprint density at radius 1 is 1.13 bits per heavy atom. The Morgan fingerprint density at radius 3 is 2.58 bits per heavy atom. The molecule has 0 aliphatic carbocycles. The maximum absolute atomic E-state index is 9.48. The van der Waals surface area contributed by atoms with Gasteiger partial charge in [0.2, 0.25) is 5.82 Å². The highest BCUT2D eigenvalue weighted by molar-refractivity contribution is 6.32. The van der Waals surface area contributed by atoms with Gasteiger partial charge in [-0.3, -0.25) is 0 Å². The molecule has 0 radical (unpaired) electrons. The number of aryl methyl sites for hydroxylation is 2. The summed E-state index contributed by atoms with van der Waals surface area (Å²) in [6.45, 7) is 8.37. The van der Waals surface area contributed by atoms with Crippen LogP contribution in [0.2, 0.25) is 5.02 Å². The van der Waals surface area contributed by atoms with Crippen molar-refractivity contribution in [3.8, 4) is 28.6 Å². The van der Waals surface area contributed by atoms with Crippen LogP contribution in [-0.4, -0.2) is 51.2 Å². The van der Waals surface area contributed by atoms with E-state index in [0.29, 0.717) is 34.0 Å². The molecule has 31 heavy (non-hydrogen) atoms. The summed E-state index contributed by atoms with van der Waals surface area (Å²) in [6, 6.07) is 7.28. The fourth-order valence-electron chi connectivity index (χ4n) is 2.92. The second kappa shape index (κ2) is 10.1. The van der Waals surface area contributed by atoms with Gasteiger partial charge in [-0.05, 0) is 49.6 Å². The van der Waals surface area contributed by atoms with E-state index in [1.54, 1.807) is 6.07 Å². The number of aliphatic hydroxyl groups is 2. The molecule has 3 rings (SSSR count). The number of rotatable bonds is 9. The molecule has 3 aromatic rings. The summed E-state index contributed by atoms with van der Waals surface area (Å²) in [4.78, 5) is 9.02. The molecule has 0 aliphatic rings. The monoisotopic (exact) mass is 446 g/mol. The van der Waals surface area contributed by atoms with Gasteiger partial charge < -0.3 is 24.8 Å². The van der Waals surface area contributed by atoms with E-state index in [4.69, 9.17) is 26.0 Å². The maximum atomic E-state index is 9.48. The number of pyridine rings is 1. The number of nitrogens with one attached hydrogen (secondary N) is 1. The van der Waals surface area contributed by atoms with Crippen molar-refractivity contribution in [1.82, 2.24) is 15.1 Å². The Bertz CT molecular complexity index is 1020. The second-order valence-electron chi connectivity index (χ2n) is 7.83. The zero-order valence-electron chi connectivity index (χ0n) is 18.0. The minimum Gasteiger partial charge on any atom is -0.489 e. The topological polar surface area (TPSA) is 114 Å². The van der Waals surface area contributed by atoms with Gasteiger partial charge in [-0.15, -0.1) is 0 Å². The minimum atomic E-state index is -0.973. The van der Waals surface area contributed by atoms with Crippen LogP contribution >= 0.6 is 11.6 Å². The lowest BCUT2D eigenvalue weighted by atomic mass is 10.1. The highest BCUT2D eigenvalue weighted by Gasteiger charge is 2.16. The number of halogens is 1. The van der Waals surface area contributed by atoms with E-state index in [9.17, 15) is 5.11 Å². The summed E-state index contributed by atoms with van der Waals surface area (Å²) < 4.78 is 11.0. The largest absolute Gasteiger partial charge is 0.489 e. The van der Waals surface area contributed by atoms with Gasteiger partial charge in [0.25, 0.3) is 5.89 Å². The first kappa shape index (κ1) is 23.0. The lowest BCUT2D eigenvalue weighted by Gasteiger charge is -2.14. The van der Waals surface area contributed by atoms with E-state index in [2.05, 4.69) is 34.3 Å². The van der Waals surface area contributed by atoms with Gasteiger partial charge >= 0.3 is 0 Å². The van der Waals surface area contributed by atoms with E-state index >= 15 is 0 Å². The molecule has 1 aromatic carbocycles. The average molecular weight is 447 g/mol. The zero-order valence-corrected chi connectivity index (χ0v) is 18.8. The van der Waals surface area contributed by atoms with Crippen molar-refractivity contribution < 1.29 is 19.5 Å². The first-order valence-corrected chi connectivity index (χ1v) is 10.4. The molecule has 0 spiro atoms. The smallest absolute Gasteiger partial charge is 0.258 e. The predicted octanol–water partition coefficient (Wildman–Crippen LogP) is 3.87. The molecule has 0 saturated carbocycles. The number of benzene rings is 1. The third-order valence-corrected chi connectivity index (χ3v) is 4.72. The number of aromatic nitrogens is 3. The highest BCUT2D eigenvalue weighted by atomic mass is 35.5. The molecule has 8 nitrogen and oxygen atoms in total. The highest BCUT2D eigenvalue weighted by Crippen LogP contribution is 2.34. The lowest BCUT2D eigenvalue weighted by molar-refractivity contribution is 0.0534. The molecule has 2 heterocycles. The number of anilines is 1. The van der Waals surface area contributed by atoms with E-state index < -0.39 is 6.10 Å². The molecule has 2 aromatic heterocycles. The molecule has 166 valence electrons. The van der Waals surface area contributed by atoms with Crippen molar-refractivity contribution in [2.45, 2.75) is 33.8 Å². The summed E-state index contributed by atoms with van der Waals surface area (Å²) in [5.41, 5.74) is 3.04. The predicted molar refractivity (Wildman–Crippen MR) is 119 cm³/mol. The third-order valence-electron chi connectivity index (χ3n) is 4.44. The molecule has 0 amide bonds. The number of ether oxygens (including phenoxy) is 1. The molecule has 0 bridgehead atoms. The van der Waals surface area contributed by atoms with Crippen LogP contribution in [-0.2, 0) is 0 Å². The summed E-state index contributed by atoms with van der Waals surface area (Å²) >= 11 is 6.36. The van der Waals surface area contributed by atoms with Gasteiger partial charge in [-0.25, -0.2) is 4.98 Å². The SMILES string of the molecule is Cc1cc(-c2nc(-c3cc(C)c(OC[C@H](O)CO)c(Cl)c3)no2)cc(NCC(C)C)n1. The fraction of sp³-hybridized carbons (Fsp3) is 0.409. The zero-order chi connectivity index (χ0) is 22.5. The van der Waals surface area contributed by atoms with Crippen molar-refractivity contribution in [3.63, 3.8) is 0 Å². The second-order valence-corrected chi connectivity index (χ2v) is 8.24. The van der Waals surface area contributed by atoms with Crippen LogP contribution in [0.3, 0.4) is 0 Å². The summed E-state index contributed by atoms with van der Waals surface area (Å²) in [7, 11) is 0. The van der Waals surface area contributed by atoms with Crippen LogP contribution in [0.4, 0.5) is 5.82 Å².